The van der Waals surface area contributed by atoms with Crippen LogP contribution in [0.4, 0.5) is 10.1 Å². The normalized spacial score (nSPS) is 11.9. The Balaban J connectivity index is 2.14. The molecule has 0 aliphatic carbocycles. The van der Waals surface area contributed by atoms with Gasteiger partial charge in [-0.05, 0) is 42.7 Å². The van der Waals surface area contributed by atoms with Gasteiger partial charge in [-0.2, -0.15) is 0 Å². The summed E-state index contributed by atoms with van der Waals surface area (Å²) in [4.78, 5) is 24.9. The first kappa shape index (κ1) is 18.9. The summed E-state index contributed by atoms with van der Waals surface area (Å²) in [6.45, 7) is 5.27. The van der Waals surface area contributed by atoms with Gasteiger partial charge < -0.3 is 10.6 Å². The third kappa shape index (κ3) is 4.79. The van der Waals surface area contributed by atoms with Crippen LogP contribution in [0.15, 0.2) is 42.5 Å². The van der Waals surface area contributed by atoms with Crippen LogP contribution in [-0.4, -0.2) is 17.9 Å². The number of carbonyl (C=O) groups excluding carboxylic acids is 2. The molecule has 0 aromatic heterocycles. The lowest BCUT2D eigenvalue weighted by Crippen LogP contribution is -2.47. The Morgan fingerprint density at radius 3 is 2.40 bits per heavy atom. The molecule has 2 amide bonds. The van der Waals surface area contributed by atoms with Gasteiger partial charge in [0.2, 0.25) is 5.91 Å². The van der Waals surface area contributed by atoms with Gasteiger partial charge in [-0.3, -0.25) is 9.59 Å². The molecule has 2 N–H and O–H groups in total. The van der Waals surface area contributed by atoms with Gasteiger partial charge in [-0.15, -0.1) is 0 Å². The number of halogens is 2. The van der Waals surface area contributed by atoms with Gasteiger partial charge in [0.05, 0.1) is 10.6 Å². The van der Waals surface area contributed by atoms with Crippen molar-refractivity contribution in [1.82, 2.24) is 5.32 Å². The van der Waals surface area contributed by atoms with E-state index in [2.05, 4.69) is 10.6 Å². The second-order valence-corrected chi connectivity index (χ2v) is 6.54. The third-order valence-corrected chi connectivity index (χ3v) is 4.12. The van der Waals surface area contributed by atoms with Crippen LogP contribution in [-0.2, 0) is 4.79 Å². The van der Waals surface area contributed by atoms with Crippen LogP contribution < -0.4 is 10.6 Å². The number of nitrogens with one attached hydrogen (secondary N) is 2. The molecule has 132 valence electrons. The van der Waals surface area contributed by atoms with E-state index < -0.39 is 23.7 Å². The minimum Gasteiger partial charge on any atom is -0.340 e. The zero-order valence-corrected chi connectivity index (χ0v) is 15.0. The SMILES string of the molecule is Cc1ccc(NC(=O)[C@@H](NC(=O)c2ccccc2Cl)C(C)C)cc1F. The number of carbonyl (C=O) groups is 2. The molecule has 0 aliphatic heterocycles. The summed E-state index contributed by atoms with van der Waals surface area (Å²) in [5.74, 6) is -1.42. The van der Waals surface area contributed by atoms with Crippen molar-refractivity contribution in [2.45, 2.75) is 26.8 Å². The Hall–Kier alpha value is -2.40. The van der Waals surface area contributed by atoms with Crippen molar-refractivity contribution in [3.05, 3.63) is 64.4 Å². The number of rotatable bonds is 5. The number of hydrogen-bond acceptors (Lipinski definition) is 2. The molecule has 0 heterocycles. The van der Waals surface area contributed by atoms with E-state index in [1.807, 2.05) is 13.8 Å². The van der Waals surface area contributed by atoms with Crippen molar-refractivity contribution >= 4 is 29.1 Å². The minimum absolute atomic E-state index is 0.165. The lowest BCUT2D eigenvalue weighted by Gasteiger charge is -2.22. The zero-order chi connectivity index (χ0) is 18.6. The van der Waals surface area contributed by atoms with Crippen molar-refractivity contribution in [3.63, 3.8) is 0 Å². The molecule has 0 aliphatic rings. The molecule has 0 fully saturated rings. The maximum atomic E-state index is 13.6. The van der Waals surface area contributed by atoms with Crippen LogP contribution in [0.2, 0.25) is 5.02 Å². The van der Waals surface area contributed by atoms with Gasteiger partial charge in [0.15, 0.2) is 0 Å². The van der Waals surface area contributed by atoms with Crippen molar-refractivity contribution in [2.75, 3.05) is 5.32 Å². The van der Waals surface area contributed by atoms with Crippen LogP contribution in [0.5, 0.6) is 0 Å². The highest BCUT2D eigenvalue weighted by molar-refractivity contribution is 6.33. The van der Waals surface area contributed by atoms with Crippen LogP contribution in [0.1, 0.15) is 29.8 Å². The number of anilines is 1. The zero-order valence-electron chi connectivity index (χ0n) is 14.3. The molecule has 0 bridgehead atoms. The Kier molecular flexibility index (Phi) is 6.15. The third-order valence-electron chi connectivity index (χ3n) is 3.79. The van der Waals surface area contributed by atoms with E-state index in [0.29, 0.717) is 21.8 Å². The predicted molar refractivity (Wildman–Crippen MR) is 97.3 cm³/mol. The van der Waals surface area contributed by atoms with E-state index in [-0.39, 0.29) is 5.92 Å². The standard InChI is InChI=1S/C19H20ClFN2O2/c1-11(2)17(23-18(24)14-6-4-5-7-15(14)20)19(25)22-13-9-8-12(3)16(21)10-13/h4-11,17H,1-3H3,(H,22,25)(H,23,24)/t17-/m0/s1. The molecule has 0 spiro atoms. The molecule has 4 nitrogen and oxygen atoms in total. The largest absolute Gasteiger partial charge is 0.340 e. The smallest absolute Gasteiger partial charge is 0.253 e. The van der Waals surface area contributed by atoms with Crippen LogP contribution in [0, 0.1) is 18.7 Å². The summed E-state index contributed by atoms with van der Waals surface area (Å²) in [7, 11) is 0. The Morgan fingerprint density at radius 1 is 1.12 bits per heavy atom. The first-order valence-corrected chi connectivity index (χ1v) is 8.29. The second kappa shape index (κ2) is 8.12. The molecule has 0 saturated carbocycles. The van der Waals surface area contributed by atoms with Crippen molar-refractivity contribution in [1.29, 1.82) is 0 Å². The fourth-order valence-electron chi connectivity index (χ4n) is 2.29. The van der Waals surface area contributed by atoms with E-state index in [1.165, 1.54) is 6.07 Å². The van der Waals surface area contributed by atoms with Crippen LogP contribution in [0.25, 0.3) is 0 Å². The highest BCUT2D eigenvalue weighted by Crippen LogP contribution is 2.17. The van der Waals surface area contributed by atoms with Gasteiger partial charge in [0.1, 0.15) is 11.9 Å². The highest BCUT2D eigenvalue weighted by Gasteiger charge is 2.25. The Labute approximate surface area is 151 Å². The summed E-state index contributed by atoms with van der Waals surface area (Å²) in [6.07, 6.45) is 0. The Bertz CT molecular complexity index is 793. The van der Waals surface area contributed by atoms with Gasteiger partial charge in [0, 0.05) is 5.69 Å². The average Bonchev–Trinajstić information content (AvgIpc) is 2.55. The summed E-state index contributed by atoms with van der Waals surface area (Å²) in [5.41, 5.74) is 1.13. The first-order chi connectivity index (χ1) is 11.8. The monoisotopic (exact) mass is 362 g/mol. The van der Waals surface area contributed by atoms with E-state index in [4.69, 9.17) is 11.6 Å². The van der Waals surface area contributed by atoms with Gasteiger partial charge >= 0.3 is 0 Å². The summed E-state index contributed by atoms with van der Waals surface area (Å²) < 4.78 is 13.6. The lowest BCUT2D eigenvalue weighted by atomic mass is 10.0. The molecule has 2 aromatic rings. The van der Waals surface area contributed by atoms with Crippen molar-refractivity contribution in [2.24, 2.45) is 5.92 Å². The van der Waals surface area contributed by atoms with Gasteiger partial charge in [0.25, 0.3) is 5.91 Å². The molecule has 0 saturated heterocycles. The maximum absolute atomic E-state index is 13.6. The summed E-state index contributed by atoms with van der Waals surface area (Å²) in [5, 5.41) is 5.64. The quantitative estimate of drug-likeness (QED) is 0.838. The molecule has 0 radical (unpaired) electrons. The maximum Gasteiger partial charge on any atom is 0.253 e. The topological polar surface area (TPSA) is 58.2 Å². The molecule has 6 heteroatoms. The number of hydrogen-bond donors (Lipinski definition) is 2. The van der Waals surface area contributed by atoms with Crippen LogP contribution >= 0.6 is 11.6 Å². The molecule has 25 heavy (non-hydrogen) atoms. The predicted octanol–water partition coefficient (Wildman–Crippen LogP) is 4.18. The lowest BCUT2D eigenvalue weighted by molar-refractivity contribution is -0.118. The number of aryl methyl sites for hydroxylation is 1. The Morgan fingerprint density at radius 2 is 1.80 bits per heavy atom. The summed E-state index contributed by atoms with van der Waals surface area (Å²) >= 11 is 6.02. The molecule has 1 atom stereocenters. The molecular formula is C19H20ClFN2O2. The van der Waals surface area contributed by atoms with E-state index >= 15 is 0 Å². The van der Waals surface area contributed by atoms with E-state index in [1.54, 1.807) is 43.3 Å². The molecule has 0 unspecified atom stereocenters. The number of amides is 2. The molecule has 2 rings (SSSR count). The fourth-order valence-corrected chi connectivity index (χ4v) is 2.51. The van der Waals surface area contributed by atoms with Crippen LogP contribution in [0.3, 0.4) is 0 Å². The average molecular weight is 363 g/mol. The van der Waals surface area contributed by atoms with Crippen molar-refractivity contribution < 1.29 is 14.0 Å². The highest BCUT2D eigenvalue weighted by atomic mass is 35.5. The number of benzene rings is 2. The molecular weight excluding hydrogens is 343 g/mol. The minimum atomic E-state index is -0.784. The fraction of sp³-hybridized carbons (Fsp3) is 0.263. The second-order valence-electron chi connectivity index (χ2n) is 6.13. The molecule has 2 aromatic carbocycles. The van der Waals surface area contributed by atoms with E-state index in [9.17, 15) is 14.0 Å². The first-order valence-electron chi connectivity index (χ1n) is 7.92. The van der Waals surface area contributed by atoms with Crippen molar-refractivity contribution in [3.8, 4) is 0 Å². The van der Waals surface area contributed by atoms with E-state index in [0.717, 1.165) is 0 Å². The van der Waals surface area contributed by atoms with Gasteiger partial charge in [-0.25, -0.2) is 4.39 Å². The summed E-state index contributed by atoms with van der Waals surface area (Å²) in [6, 6.07) is 10.3. The van der Waals surface area contributed by atoms with Gasteiger partial charge in [-0.1, -0.05) is 43.6 Å².